The van der Waals surface area contributed by atoms with Gasteiger partial charge in [0.15, 0.2) is 0 Å². The SMILES string of the molecule is COC(=O)NCCN(c1cc(Cl)ccc1Cl)S(C)(=O)=O. The van der Waals surface area contributed by atoms with Crippen molar-refractivity contribution >= 4 is 45.0 Å². The number of hydrogen-bond acceptors (Lipinski definition) is 4. The van der Waals surface area contributed by atoms with Crippen LogP contribution >= 0.6 is 23.2 Å². The van der Waals surface area contributed by atoms with Crippen LogP contribution < -0.4 is 9.62 Å². The molecule has 0 aromatic heterocycles. The van der Waals surface area contributed by atoms with Crippen LogP contribution in [0.2, 0.25) is 10.0 Å². The predicted octanol–water partition coefficient (Wildman–Crippen LogP) is 2.12. The quantitative estimate of drug-likeness (QED) is 0.890. The number of ether oxygens (including phenoxy) is 1. The Morgan fingerprint density at radius 1 is 1.40 bits per heavy atom. The lowest BCUT2D eigenvalue weighted by molar-refractivity contribution is 0.171. The van der Waals surface area contributed by atoms with Gasteiger partial charge in [0.1, 0.15) is 0 Å². The highest BCUT2D eigenvalue weighted by atomic mass is 35.5. The van der Waals surface area contributed by atoms with Crippen molar-refractivity contribution in [1.29, 1.82) is 0 Å². The van der Waals surface area contributed by atoms with E-state index < -0.39 is 16.1 Å². The number of hydrogen-bond donors (Lipinski definition) is 1. The van der Waals surface area contributed by atoms with Gasteiger partial charge in [0, 0.05) is 11.6 Å². The van der Waals surface area contributed by atoms with Crippen LogP contribution in [0.5, 0.6) is 0 Å². The minimum absolute atomic E-state index is 0.00793. The summed E-state index contributed by atoms with van der Waals surface area (Å²) in [5.74, 6) is 0. The van der Waals surface area contributed by atoms with Crippen molar-refractivity contribution < 1.29 is 17.9 Å². The lowest BCUT2D eigenvalue weighted by Gasteiger charge is -2.23. The number of halogens is 2. The second kappa shape index (κ2) is 7.01. The van der Waals surface area contributed by atoms with E-state index in [9.17, 15) is 13.2 Å². The molecule has 0 aliphatic heterocycles. The molecule has 0 heterocycles. The third kappa shape index (κ3) is 4.73. The Balaban J connectivity index is 2.96. The fraction of sp³-hybridized carbons (Fsp3) is 0.364. The number of benzene rings is 1. The van der Waals surface area contributed by atoms with Crippen molar-refractivity contribution in [3.63, 3.8) is 0 Å². The van der Waals surface area contributed by atoms with Gasteiger partial charge in [-0.2, -0.15) is 0 Å². The second-order valence-corrected chi connectivity index (χ2v) is 6.60. The molecule has 1 rings (SSSR count). The molecule has 0 bridgehead atoms. The Hall–Kier alpha value is -1.18. The Labute approximate surface area is 127 Å². The fourth-order valence-electron chi connectivity index (χ4n) is 1.47. The first-order chi connectivity index (χ1) is 9.25. The lowest BCUT2D eigenvalue weighted by Crippen LogP contribution is -2.38. The Bertz CT molecular complexity index is 592. The third-order valence-corrected chi connectivity index (χ3v) is 4.08. The van der Waals surface area contributed by atoms with Crippen molar-refractivity contribution in [1.82, 2.24) is 5.32 Å². The number of anilines is 1. The fourth-order valence-corrected chi connectivity index (χ4v) is 2.84. The van der Waals surface area contributed by atoms with Gasteiger partial charge in [0.05, 0.1) is 30.6 Å². The first-order valence-electron chi connectivity index (χ1n) is 5.50. The summed E-state index contributed by atoms with van der Waals surface area (Å²) in [6.45, 7) is 0.0799. The van der Waals surface area contributed by atoms with Crippen LogP contribution in [0.3, 0.4) is 0 Å². The Morgan fingerprint density at radius 3 is 2.60 bits per heavy atom. The number of methoxy groups -OCH3 is 1. The molecule has 0 aliphatic rings. The molecule has 1 aromatic rings. The van der Waals surface area contributed by atoms with Crippen LogP contribution in [0.4, 0.5) is 10.5 Å². The van der Waals surface area contributed by atoms with E-state index in [0.29, 0.717) is 5.02 Å². The molecular weight excluding hydrogens is 327 g/mol. The lowest BCUT2D eigenvalue weighted by atomic mass is 10.3. The van der Waals surface area contributed by atoms with Gasteiger partial charge < -0.3 is 10.1 Å². The molecule has 0 aliphatic carbocycles. The summed E-state index contributed by atoms with van der Waals surface area (Å²) in [4.78, 5) is 11.0. The zero-order chi connectivity index (χ0) is 15.3. The molecule has 1 N–H and O–H groups in total. The summed E-state index contributed by atoms with van der Waals surface area (Å²) in [6.07, 6.45) is 0.401. The number of nitrogens with zero attached hydrogens (tertiary/aromatic N) is 1. The van der Waals surface area contributed by atoms with Gasteiger partial charge in [0.25, 0.3) is 0 Å². The average molecular weight is 341 g/mol. The van der Waals surface area contributed by atoms with Crippen molar-refractivity contribution in [2.75, 3.05) is 30.8 Å². The second-order valence-electron chi connectivity index (χ2n) is 3.85. The molecule has 0 fully saturated rings. The third-order valence-electron chi connectivity index (χ3n) is 2.35. The van der Waals surface area contributed by atoms with Crippen LogP contribution in [0.1, 0.15) is 0 Å². The van der Waals surface area contributed by atoms with Gasteiger partial charge in [-0.25, -0.2) is 13.2 Å². The summed E-state index contributed by atoms with van der Waals surface area (Å²) in [7, 11) is -2.34. The number of nitrogens with one attached hydrogen (secondary N) is 1. The highest BCUT2D eigenvalue weighted by molar-refractivity contribution is 7.92. The average Bonchev–Trinajstić information content (AvgIpc) is 2.36. The van der Waals surface area contributed by atoms with Crippen LogP contribution in [0.25, 0.3) is 0 Å². The van der Waals surface area contributed by atoms with E-state index in [1.165, 1.54) is 19.2 Å². The van der Waals surface area contributed by atoms with E-state index in [1.807, 2.05) is 0 Å². The maximum Gasteiger partial charge on any atom is 0.406 e. The van der Waals surface area contributed by atoms with Gasteiger partial charge in [-0.15, -0.1) is 0 Å². The minimum Gasteiger partial charge on any atom is -0.453 e. The molecule has 0 radical (unpaired) electrons. The van der Waals surface area contributed by atoms with Crippen LogP contribution in [0.15, 0.2) is 18.2 Å². The highest BCUT2D eigenvalue weighted by Crippen LogP contribution is 2.30. The molecular formula is C11H14Cl2N2O4S. The minimum atomic E-state index is -3.56. The van der Waals surface area contributed by atoms with Crippen molar-refractivity contribution in [3.8, 4) is 0 Å². The monoisotopic (exact) mass is 340 g/mol. The molecule has 0 atom stereocenters. The van der Waals surface area contributed by atoms with Crippen LogP contribution in [0, 0.1) is 0 Å². The number of alkyl carbamates (subject to hydrolysis) is 1. The summed E-state index contributed by atoms with van der Waals surface area (Å²) < 4.78 is 29.1. The number of rotatable bonds is 5. The van der Waals surface area contributed by atoms with Crippen LogP contribution in [-0.2, 0) is 14.8 Å². The summed E-state index contributed by atoms with van der Waals surface area (Å²) >= 11 is 11.8. The first-order valence-corrected chi connectivity index (χ1v) is 8.10. The Morgan fingerprint density at radius 2 is 2.05 bits per heavy atom. The summed E-state index contributed by atoms with van der Waals surface area (Å²) in [5.41, 5.74) is 0.258. The van der Waals surface area contributed by atoms with Gasteiger partial charge in [0.2, 0.25) is 10.0 Å². The Kier molecular flexibility index (Phi) is 5.91. The van der Waals surface area contributed by atoms with E-state index in [4.69, 9.17) is 23.2 Å². The molecule has 112 valence electrons. The van der Waals surface area contributed by atoms with Gasteiger partial charge in [-0.1, -0.05) is 23.2 Å². The van der Waals surface area contributed by atoms with Gasteiger partial charge in [-0.05, 0) is 18.2 Å². The maximum atomic E-state index is 11.8. The van der Waals surface area contributed by atoms with Crippen LogP contribution in [-0.4, -0.2) is 41.0 Å². The molecule has 0 spiro atoms. The largest absolute Gasteiger partial charge is 0.453 e. The van der Waals surface area contributed by atoms with E-state index in [-0.39, 0.29) is 23.8 Å². The molecule has 0 saturated carbocycles. The van der Waals surface area contributed by atoms with Crippen molar-refractivity contribution in [3.05, 3.63) is 28.2 Å². The normalized spacial score (nSPS) is 11.0. The smallest absolute Gasteiger partial charge is 0.406 e. The van der Waals surface area contributed by atoms with Gasteiger partial charge >= 0.3 is 6.09 Å². The zero-order valence-corrected chi connectivity index (χ0v) is 13.2. The predicted molar refractivity (Wildman–Crippen MR) is 79.1 cm³/mol. The van der Waals surface area contributed by atoms with Crippen molar-refractivity contribution in [2.45, 2.75) is 0 Å². The molecule has 0 saturated heterocycles. The number of amides is 1. The maximum absolute atomic E-state index is 11.8. The molecule has 20 heavy (non-hydrogen) atoms. The molecule has 6 nitrogen and oxygen atoms in total. The first kappa shape index (κ1) is 16.9. The molecule has 1 aromatic carbocycles. The molecule has 0 unspecified atom stereocenters. The number of carbonyl (C=O) groups excluding carboxylic acids is 1. The topological polar surface area (TPSA) is 75.7 Å². The van der Waals surface area contributed by atoms with E-state index in [1.54, 1.807) is 6.07 Å². The van der Waals surface area contributed by atoms with E-state index >= 15 is 0 Å². The van der Waals surface area contributed by atoms with E-state index in [0.717, 1.165) is 10.6 Å². The number of sulfonamides is 1. The van der Waals surface area contributed by atoms with E-state index in [2.05, 4.69) is 10.1 Å². The number of carbonyl (C=O) groups is 1. The summed E-state index contributed by atoms with van der Waals surface area (Å²) in [5, 5.41) is 3.00. The van der Waals surface area contributed by atoms with Crippen molar-refractivity contribution in [2.24, 2.45) is 0 Å². The standard InChI is InChI=1S/C11H14Cl2N2O4S/c1-19-11(16)14-5-6-15(20(2,17)18)10-7-8(12)3-4-9(10)13/h3-4,7H,5-6H2,1-2H3,(H,14,16). The summed E-state index contributed by atoms with van der Waals surface area (Å²) in [6, 6.07) is 4.51. The van der Waals surface area contributed by atoms with Gasteiger partial charge in [-0.3, -0.25) is 4.31 Å². The molecule has 9 heteroatoms. The molecule has 1 amide bonds. The highest BCUT2D eigenvalue weighted by Gasteiger charge is 2.20. The zero-order valence-electron chi connectivity index (χ0n) is 10.9.